The molecule has 0 aliphatic rings. The lowest BCUT2D eigenvalue weighted by atomic mass is 9.96. The van der Waals surface area contributed by atoms with E-state index in [0.29, 0.717) is 28.2 Å². The zero-order valence-electron chi connectivity index (χ0n) is 22.3. The highest BCUT2D eigenvalue weighted by molar-refractivity contribution is 7.86. The molecular weight excluding hydrogens is 603 g/mol. The molecule has 224 valence electrons. The number of aliphatic hydroxyl groups is 2. The summed E-state index contributed by atoms with van der Waals surface area (Å²) in [6.45, 7) is 0.0164. The van der Waals surface area contributed by atoms with Crippen LogP contribution in [0.2, 0.25) is 0 Å². The molecule has 0 atom stereocenters. The van der Waals surface area contributed by atoms with Crippen LogP contribution in [0.4, 0.5) is 21.5 Å². The third-order valence-electron chi connectivity index (χ3n) is 6.76. The van der Waals surface area contributed by atoms with Gasteiger partial charge in [-0.15, -0.1) is 0 Å². The Hall–Kier alpha value is -4.18. The van der Waals surface area contributed by atoms with E-state index in [1.807, 2.05) is 0 Å². The Bertz CT molecular complexity index is 2060. The summed E-state index contributed by atoms with van der Waals surface area (Å²) in [6, 6.07) is 18.6. The maximum atomic E-state index is 14.3. The first kappa shape index (κ1) is 30.3. The lowest BCUT2D eigenvalue weighted by Crippen LogP contribution is -2.29. The molecule has 0 saturated heterocycles. The van der Waals surface area contributed by atoms with Crippen molar-refractivity contribution in [1.82, 2.24) is 0 Å². The van der Waals surface area contributed by atoms with E-state index in [1.165, 1.54) is 6.07 Å². The lowest BCUT2D eigenvalue weighted by molar-refractivity contribution is 0.281. The number of anilines is 3. The lowest BCUT2D eigenvalue weighted by Gasteiger charge is -2.22. The van der Waals surface area contributed by atoms with Crippen LogP contribution in [-0.2, 0) is 20.2 Å². The van der Waals surface area contributed by atoms with E-state index in [2.05, 4.69) is 5.32 Å². The Morgan fingerprint density at radius 3 is 2.05 bits per heavy atom. The van der Waals surface area contributed by atoms with Crippen LogP contribution in [0, 0.1) is 5.82 Å². The van der Waals surface area contributed by atoms with Crippen molar-refractivity contribution in [2.45, 2.75) is 9.79 Å². The minimum absolute atomic E-state index is 0.0779. The second-order valence-electron chi connectivity index (χ2n) is 9.52. The fourth-order valence-corrected chi connectivity index (χ4v) is 6.16. The van der Waals surface area contributed by atoms with Crippen LogP contribution in [0.15, 0.2) is 93.1 Å². The normalized spacial score (nSPS) is 12.1. The van der Waals surface area contributed by atoms with E-state index in [1.54, 1.807) is 59.5 Å². The van der Waals surface area contributed by atoms with Crippen LogP contribution in [0.1, 0.15) is 0 Å². The number of rotatable bonds is 10. The summed E-state index contributed by atoms with van der Waals surface area (Å²) in [5.41, 5.74) is 1.84. The molecule has 5 aromatic rings. The zero-order chi connectivity index (χ0) is 30.9. The van der Waals surface area contributed by atoms with Gasteiger partial charge in [-0.05, 0) is 48.5 Å². The molecule has 11 nitrogen and oxygen atoms in total. The largest absolute Gasteiger partial charge is 0.395 e. The van der Waals surface area contributed by atoms with E-state index in [4.69, 9.17) is 4.42 Å². The minimum Gasteiger partial charge on any atom is -0.395 e. The quantitative estimate of drug-likeness (QED) is 0.0822. The highest BCUT2D eigenvalue weighted by Gasteiger charge is 2.28. The molecule has 1 aromatic heterocycles. The molecule has 0 fully saturated rings. The third-order valence-corrected chi connectivity index (χ3v) is 8.50. The highest BCUT2D eigenvalue weighted by Crippen LogP contribution is 2.42. The second kappa shape index (κ2) is 11.8. The van der Waals surface area contributed by atoms with Crippen molar-refractivity contribution >= 4 is 59.2 Å². The maximum Gasteiger partial charge on any atom is 0.363 e. The van der Waals surface area contributed by atoms with Crippen molar-refractivity contribution in [1.29, 1.82) is 0 Å². The van der Waals surface area contributed by atoms with Gasteiger partial charge in [-0.1, -0.05) is 18.2 Å². The van der Waals surface area contributed by atoms with Gasteiger partial charge in [-0.3, -0.25) is 9.11 Å². The molecule has 0 unspecified atom stereocenters. The maximum absolute atomic E-state index is 14.3. The average molecular weight is 630 g/mol. The standard InChI is InChI=1S/C29H25FN2O9S2/c30-24-3-1-2-4-25(24)31-18-5-8-21-26(15-18)41-27-16-19(32(11-13-33)12-14-34)6-9-22(27)29(21)23-10-7-20(42(35,36)37)17-28(23)43(38,39)40/h1-10,15-17,31,33-34H,11-14H2,(H-,35,36,37,38,39,40)/p+1. The zero-order valence-corrected chi connectivity index (χ0v) is 23.9. The summed E-state index contributed by atoms with van der Waals surface area (Å²) in [5, 5.41) is 22.7. The van der Waals surface area contributed by atoms with E-state index >= 15 is 0 Å². The average Bonchev–Trinajstić information content (AvgIpc) is 2.95. The number of nitrogens with one attached hydrogen (secondary N) is 1. The number of para-hydroxylation sites is 1. The third kappa shape index (κ3) is 6.29. The Balaban J connectivity index is 1.82. The first-order valence-corrected chi connectivity index (χ1v) is 15.7. The van der Waals surface area contributed by atoms with Crippen molar-refractivity contribution in [3.8, 4) is 11.1 Å². The Morgan fingerprint density at radius 1 is 0.767 bits per heavy atom. The molecule has 0 bridgehead atoms. The molecule has 0 amide bonds. The monoisotopic (exact) mass is 629 g/mol. The van der Waals surface area contributed by atoms with Gasteiger partial charge in [0.05, 0.1) is 46.7 Å². The van der Waals surface area contributed by atoms with Crippen molar-refractivity contribution < 1.29 is 45.0 Å². The summed E-state index contributed by atoms with van der Waals surface area (Å²) in [4.78, 5) is 0.205. The van der Waals surface area contributed by atoms with Crippen LogP contribution in [-0.4, -0.2) is 62.5 Å². The summed E-state index contributed by atoms with van der Waals surface area (Å²) in [5.74, 6) is -0.493. The number of hydrogen-bond acceptors (Lipinski definition) is 8. The summed E-state index contributed by atoms with van der Waals surface area (Å²) in [6.07, 6.45) is 0. The summed E-state index contributed by atoms with van der Waals surface area (Å²) in [7, 11) is -9.83. The van der Waals surface area contributed by atoms with E-state index in [9.17, 15) is 40.5 Å². The topological polar surface area (TPSA) is 176 Å². The number of hydrogen-bond donors (Lipinski definition) is 5. The summed E-state index contributed by atoms with van der Waals surface area (Å²) >= 11 is 0. The number of aliphatic hydroxyl groups excluding tert-OH is 2. The molecule has 0 aliphatic heterocycles. The fraction of sp³-hybridized carbons (Fsp3) is 0.138. The Morgan fingerprint density at radius 2 is 1.42 bits per heavy atom. The molecule has 4 aromatic carbocycles. The molecule has 0 spiro atoms. The van der Waals surface area contributed by atoms with Gasteiger partial charge in [-0.25, -0.2) is 8.81 Å². The van der Waals surface area contributed by atoms with Gasteiger partial charge in [-0.2, -0.15) is 16.8 Å². The number of benzene rings is 4. The van der Waals surface area contributed by atoms with Gasteiger partial charge in [0.15, 0.2) is 0 Å². The SMILES string of the molecule is O=S(=O)(O)c1ccc(-c2c3ccc(Nc4ccccc4F)cc3[o+]c3cc(N(CCO)CCO)ccc23)c(S(=O)(=O)O)c1. The van der Waals surface area contributed by atoms with Crippen LogP contribution >= 0.6 is 0 Å². The molecule has 0 radical (unpaired) electrons. The number of halogens is 1. The minimum atomic E-state index is -5.02. The van der Waals surface area contributed by atoms with Crippen molar-refractivity contribution in [3.63, 3.8) is 0 Å². The highest BCUT2D eigenvalue weighted by atomic mass is 32.2. The van der Waals surface area contributed by atoms with Gasteiger partial charge in [0.1, 0.15) is 10.7 Å². The van der Waals surface area contributed by atoms with E-state index < -0.39 is 35.8 Å². The van der Waals surface area contributed by atoms with Crippen LogP contribution in [0.3, 0.4) is 0 Å². The Labute approximate surface area is 245 Å². The summed E-state index contributed by atoms with van der Waals surface area (Å²) < 4.78 is 88.8. The first-order valence-electron chi connectivity index (χ1n) is 12.8. The van der Waals surface area contributed by atoms with Crippen molar-refractivity contribution in [3.05, 3.63) is 84.7 Å². The molecule has 0 aliphatic carbocycles. The predicted molar refractivity (Wildman–Crippen MR) is 159 cm³/mol. The van der Waals surface area contributed by atoms with E-state index in [-0.39, 0.29) is 54.3 Å². The molecule has 14 heteroatoms. The molecule has 1 heterocycles. The molecular formula is C29H26FN2O9S2+. The fourth-order valence-electron chi connectivity index (χ4n) is 4.86. The van der Waals surface area contributed by atoms with Crippen molar-refractivity contribution in [2.24, 2.45) is 0 Å². The van der Waals surface area contributed by atoms with E-state index in [0.717, 1.165) is 12.1 Å². The molecule has 5 N–H and O–H groups in total. The predicted octanol–water partition coefficient (Wildman–Crippen LogP) is 4.70. The smallest absolute Gasteiger partial charge is 0.363 e. The molecule has 0 saturated carbocycles. The first-order chi connectivity index (χ1) is 20.4. The van der Waals surface area contributed by atoms with Crippen molar-refractivity contribution in [2.75, 3.05) is 36.5 Å². The van der Waals surface area contributed by atoms with Gasteiger partial charge in [0.25, 0.3) is 20.2 Å². The molecule has 5 rings (SSSR count). The van der Waals surface area contributed by atoms with Crippen LogP contribution in [0.5, 0.6) is 0 Å². The Kier molecular flexibility index (Phi) is 8.34. The molecule has 43 heavy (non-hydrogen) atoms. The van der Waals surface area contributed by atoms with Gasteiger partial charge < -0.3 is 20.4 Å². The number of fused-ring (bicyclic) bond motifs is 2. The number of nitrogens with zero attached hydrogens (tertiary/aromatic N) is 1. The van der Waals surface area contributed by atoms with Crippen LogP contribution in [0.25, 0.3) is 33.1 Å². The second-order valence-corrected chi connectivity index (χ2v) is 12.3. The van der Waals surface area contributed by atoms with Crippen LogP contribution < -0.4 is 10.2 Å². The van der Waals surface area contributed by atoms with Gasteiger partial charge in [0.2, 0.25) is 0 Å². The van der Waals surface area contributed by atoms with Gasteiger partial charge in [0, 0.05) is 35.6 Å². The van der Waals surface area contributed by atoms with Gasteiger partial charge >= 0.3 is 11.2 Å².